The van der Waals surface area contributed by atoms with E-state index in [9.17, 15) is 5.11 Å². The van der Waals surface area contributed by atoms with Crippen molar-refractivity contribution in [1.29, 1.82) is 5.26 Å². The van der Waals surface area contributed by atoms with Gasteiger partial charge in [0.25, 0.3) is 0 Å². The molecule has 0 aliphatic carbocycles. The first-order chi connectivity index (χ1) is 18.6. The minimum absolute atomic E-state index is 0.366. The second-order valence-electron chi connectivity index (χ2n) is 9.34. The van der Waals surface area contributed by atoms with Crippen LogP contribution in [0.4, 0.5) is 11.6 Å². The zero-order valence-electron chi connectivity index (χ0n) is 21.7. The Morgan fingerprint density at radius 3 is 2.55 bits per heavy atom. The lowest BCUT2D eigenvalue weighted by Gasteiger charge is -2.32. The van der Waals surface area contributed by atoms with Gasteiger partial charge in [0.05, 0.1) is 17.2 Å². The first kappa shape index (κ1) is 27.1. The minimum Gasteiger partial charge on any atom is -0.457 e. The molecular formula is C29H35N7O2. The number of likely N-dealkylation sites (N-methyl/N-ethyl adjacent to an activating group) is 1. The number of rotatable bonds is 11. The van der Waals surface area contributed by atoms with Crippen LogP contribution in [0.3, 0.4) is 0 Å². The van der Waals surface area contributed by atoms with Crippen LogP contribution in [0.25, 0.3) is 11.1 Å². The highest BCUT2D eigenvalue weighted by Gasteiger charge is 2.20. The molecule has 4 rings (SSSR count). The van der Waals surface area contributed by atoms with E-state index in [0.717, 1.165) is 73.9 Å². The lowest BCUT2D eigenvalue weighted by atomic mass is 9.96. The number of para-hydroxylation sites is 1. The monoisotopic (exact) mass is 513 g/mol. The molecule has 1 aliphatic heterocycles. The van der Waals surface area contributed by atoms with Gasteiger partial charge in [0.2, 0.25) is 0 Å². The molecule has 1 aromatic heterocycles. The number of piperidine rings is 1. The van der Waals surface area contributed by atoms with Crippen molar-refractivity contribution in [2.75, 3.05) is 44.3 Å². The summed E-state index contributed by atoms with van der Waals surface area (Å²) in [5.41, 5.74) is 8.36. The molecule has 198 valence electrons. The third-order valence-electron chi connectivity index (χ3n) is 6.77. The Morgan fingerprint density at radius 2 is 1.87 bits per heavy atom. The van der Waals surface area contributed by atoms with E-state index < -0.39 is 6.23 Å². The first-order valence-corrected chi connectivity index (χ1v) is 12.9. The number of nitrogen functional groups attached to an aromatic ring is 1. The van der Waals surface area contributed by atoms with Crippen LogP contribution in [0.15, 0.2) is 72.6 Å². The maximum absolute atomic E-state index is 9.77. The molecule has 9 heteroatoms. The molecule has 1 aliphatic rings. The molecular weight excluding hydrogens is 478 g/mol. The molecule has 1 saturated heterocycles. The maximum Gasteiger partial charge on any atom is 0.140 e. The fourth-order valence-corrected chi connectivity index (χ4v) is 4.56. The van der Waals surface area contributed by atoms with Gasteiger partial charge in [0.1, 0.15) is 35.7 Å². The van der Waals surface area contributed by atoms with Crippen LogP contribution >= 0.6 is 0 Å². The van der Waals surface area contributed by atoms with Crippen molar-refractivity contribution in [3.63, 3.8) is 0 Å². The summed E-state index contributed by atoms with van der Waals surface area (Å²) in [6, 6.07) is 19.5. The SMILES string of the molecule is CNC(O)C(C#N)=CCCN1CCC(CNc2ncnc(N)c2-c2ccc(Oc3ccccc3)cc2)CC1. The van der Waals surface area contributed by atoms with Crippen molar-refractivity contribution in [3.05, 3.63) is 72.6 Å². The fraction of sp³-hybridized carbons (Fsp3) is 0.345. The summed E-state index contributed by atoms with van der Waals surface area (Å²) in [5.74, 6) is 3.21. The molecule has 5 N–H and O–H groups in total. The molecule has 1 fully saturated rings. The summed E-state index contributed by atoms with van der Waals surface area (Å²) < 4.78 is 5.91. The van der Waals surface area contributed by atoms with Gasteiger partial charge in [0.15, 0.2) is 0 Å². The Labute approximate surface area is 224 Å². The van der Waals surface area contributed by atoms with Crippen molar-refractivity contribution in [2.45, 2.75) is 25.5 Å². The van der Waals surface area contributed by atoms with Crippen LogP contribution < -0.4 is 21.1 Å². The van der Waals surface area contributed by atoms with E-state index in [1.807, 2.05) is 60.7 Å². The molecule has 1 unspecified atom stereocenters. The first-order valence-electron chi connectivity index (χ1n) is 12.9. The number of ether oxygens (including phenoxy) is 1. The van der Waals surface area contributed by atoms with E-state index >= 15 is 0 Å². The number of anilines is 2. The Bertz CT molecular complexity index is 1230. The highest BCUT2D eigenvalue weighted by atomic mass is 16.5. The van der Waals surface area contributed by atoms with Gasteiger partial charge in [0, 0.05) is 13.1 Å². The Kier molecular flexibility index (Phi) is 9.65. The van der Waals surface area contributed by atoms with Crippen LogP contribution in [0.2, 0.25) is 0 Å². The van der Waals surface area contributed by atoms with E-state index in [-0.39, 0.29) is 0 Å². The lowest BCUT2D eigenvalue weighted by Crippen LogP contribution is -2.36. The Hall–Kier alpha value is -3.97. The highest BCUT2D eigenvalue weighted by molar-refractivity contribution is 5.83. The van der Waals surface area contributed by atoms with Gasteiger partial charge in [-0.05, 0) is 75.1 Å². The van der Waals surface area contributed by atoms with Crippen LogP contribution in [0.1, 0.15) is 19.3 Å². The summed E-state index contributed by atoms with van der Waals surface area (Å²) in [7, 11) is 1.63. The summed E-state index contributed by atoms with van der Waals surface area (Å²) in [6.45, 7) is 3.67. The lowest BCUT2D eigenvalue weighted by molar-refractivity contribution is 0.184. The Balaban J connectivity index is 1.30. The number of benzene rings is 2. The summed E-state index contributed by atoms with van der Waals surface area (Å²) in [6.07, 6.45) is 5.28. The molecule has 0 radical (unpaired) electrons. The number of hydrogen-bond donors (Lipinski definition) is 4. The van der Waals surface area contributed by atoms with Crippen LogP contribution in [0.5, 0.6) is 11.5 Å². The highest BCUT2D eigenvalue weighted by Crippen LogP contribution is 2.33. The van der Waals surface area contributed by atoms with E-state index in [4.69, 9.17) is 15.7 Å². The molecule has 0 bridgehead atoms. The molecule has 0 saturated carbocycles. The second-order valence-corrected chi connectivity index (χ2v) is 9.34. The normalized spacial score (nSPS) is 15.6. The van der Waals surface area contributed by atoms with Crippen molar-refractivity contribution < 1.29 is 9.84 Å². The average Bonchev–Trinajstić information content (AvgIpc) is 2.95. The van der Waals surface area contributed by atoms with Gasteiger partial charge in [-0.2, -0.15) is 5.26 Å². The van der Waals surface area contributed by atoms with Crippen LogP contribution in [-0.2, 0) is 0 Å². The van der Waals surface area contributed by atoms with Crippen LogP contribution in [-0.4, -0.2) is 59.4 Å². The zero-order valence-corrected chi connectivity index (χ0v) is 21.7. The van der Waals surface area contributed by atoms with Gasteiger partial charge in [-0.15, -0.1) is 0 Å². The van der Waals surface area contributed by atoms with Gasteiger partial charge < -0.3 is 25.8 Å². The van der Waals surface area contributed by atoms with Gasteiger partial charge in [-0.1, -0.05) is 36.4 Å². The average molecular weight is 514 g/mol. The number of aromatic nitrogens is 2. The molecule has 0 spiro atoms. The van der Waals surface area contributed by atoms with Gasteiger partial charge in [-0.25, -0.2) is 9.97 Å². The van der Waals surface area contributed by atoms with Crippen molar-refractivity contribution in [3.8, 4) is 28.7 Å². The number of aliphatic hydroxyl groups is 1. The summed E-state index contributed by atoms with van der Waals surface area (Å²) >= 11 is 0. The zero-order chi connectivity index (χ0) is 26.7. The number of aliphatic hydroxyl groups excluding tert-OH is 1. The third-order valence-corrected chi connectivity index (χ3v) is 6.77. The van der Waals surface area contributed by atoms with E-state index in [1.54, 1.807) is 7.05 Å². The largest absolute Gasteiger partial charge is 0.457 e. The second kappa shape index (κ2) is 13.5. The molecule has 1 atom stereocenters. The molecule has 0 amide bonds. The number of nitrogens with one attached hydrogen (secondary N) is 2. The van der Waals surface area contributed by atoms with Crippen LogP contribution in [0, 0.1) is 17.2 Å². The maximum atomic E-state index is 9.77. The quantitative estimate of drug-likeness (QED) is 0.222. The third kappa shape index (κ3) is 7.29. The Morgan fingerprint density at radius 1 is 1.16 bits per heavy atom. The number of nitriles is 1. The summed E-state index contributed by atoms with van der Waals surface area (Å²) in [4.78, 5) is 11.1. The van der Waals surface area contributed by atoms with Crippen molar-refractivity contribution in [1.82, 2.24) is 20.2 Å². The minimum atomic E-state index is -0.905. The van der Waals surface area contributed by atoms with Crippen molar-refractivity contribution >= 4 is 11.6 Å². The topological polar surface area (TPSA) is 132 Å². The molecule has 38 heavy (non-hydrogen) atoms. The molecule has 2 heterocycles. The number of likely N-dealkylation sites (tertiary alicyclic amines) is 1. The number of hydrogen-bond acceptors (Lipinski definition) is 9. The number of nitrogens with zero attached hydrogens (tertiary/aromatic N) is 4. The standard InChI is InChI=1S/C29H35N7O2/c1-32-29(37)23(18-30)6-5-15-36-16-13-21(14-17-36)19-33-28-26(27(31)34-20-35-28)22-9-11-25(12-10-22)38-24-7-3-2-4-8-24/h2-4,6-12,20-21,29,32,37H,5,13-17,19H2,1H3,(H3,31,33,34,35). The predicted octanol–water partition coefficient (Wildman–Crippen LogP) is 4.02. The molecule has 2 aromatic carbocycles. The predicted molar refractivity (Wildman–Crippen MR) is 149 cm³/mol. The van der Waals surface area contributed by atoms with E-state index in [1.165, 1.54) is 6.33 Å². The number of nitrogens with two attached hydrogens (primary N) is 1. The van der Waals surface area contributed by atoms with Gasteiger partial charge >= 0.3 is 0 Å². The van der Waals surface area contributed by atoms with Crippen molar-refractivity contribution in [2.24, 2.45) is 5.92 Å². The molecule has 3 aromatic rings. The van der Waals surface area contributed by atoms with E-state index in [0.29, 0.717) is 17.3 Å². The summed E-state index contributed by atoms with van der Waals surface area (Å²) in [5, 5.41) is 25.1. The molecule has 9 nitrogen and oxygen atoms in total. The van der Waals surface area contributed by atoms with E-state index in [2.05, 4.69) is 31.6 Å². The fourth-order valence-electron chi connectivity index (χ4n) is 4.56. The van der Waals surface area contributed by atoms with Gasteiger partial charge in [-0.3, -0.25) is 5.32 Å². The smallest absolute Gasteiger partial charge is 0.140 e.